The fourth-order valence-electron chi connectivity index (χ4n) is 3.59. The number of ether oxygens (including phenoxy) is 1. The highest BCUT2D eigenvalue weighted by Gasteiger charge is 2.38. The van der Waals surface area contributed by atoms with Crippen LogP contribution < -0.4 is 10.1 Å². The molecule has 112 valence electrons. The van der Waals surface area contributed by atoms with Crippen molar-refractivity contribution in [3.8, 4) is 5.75 Å². The molecule has 1 aromatic rings. The summed E-state index contributed by atoms with van der Waals surface area (Å²) in [5.74, 6) is 0.956. The molecule has 1 atom stereocenters. The Hall–Kier alpha value is -1.02. The Labute approximate surface area is 123 Å². The van der Waals surface area contributed by atoms with E-state index in [1.54, 1.807) is 7.11 Å². The lowest BCUT2D eigenvalue weighted by atomic mass is 9.76. The molecule has 1 saturated carbocycles. The lowest BCUT2D eigenvalue weighted by Gasteiger charge is -2.36. The van der Waals surface area contributed by atoms with E-state index in [2.05, 4.69) is 44.3 Å². The standard InChI is InChI=1S/C18H29NO/c1-5-12-19-17(18(3)10-6-7-11-18)16-9-8-15(20-4)13-14(16)2/h8-9,13,17,19H,5-7,10-12H2,1-4H3. The SMILES string of the molecule is CCCNC(c1ccc(OC)cc1C)C1(C)CCCC1. The van der Waals surface area contributed by atoms with Gasteiger partial charge in [-0.25, -0.2) is 0 Å². The highest BCUT2D eigenvalue weighted by molar-refractivity contribution is 5.37. The number of aryl methyl sites for hydroxylation is 1. The number of methoxy groups -OCH3 is 1. The summed E-state index contributed by atoms with van der Waals surface area (Å²) >= 11 is 0. The Morgan fingerprint density at radius 1 is 1.30 bits per heavy atom. The van der Waals surface area contributed by atoms with Crippen molar-refractivity contribution in [1.29, 1.82) is 0 Å². The molecule has 0 aliphatic heterocycles. The van der Waals surface area contributed by atoms with E-state index in [-0.39, 0.29) is 0 Å². The van der Waals surface area contributed by atoms with Crippen molar-refractivity contribution in [3.05, 3.63) is 29.3 Å². The van der Waals surface area contributed by atoms with E-state index in [1.807, 2.05) is 0 Å². The zero-order valence-electron chi connectivity index (χ0n) is 13.5. The predicted octanol–water partition coefficient (Wildman–Crippen LogP) is 4.62. The van der Waals surface area contributed by atoms with Gasteiger partial charge in [-0.1, -0.05) is 32.8 Å². The van der Waals surface area contributed by atoms with Gasteiger partial charge in [0.25, 0.3) is 0 Å². The smallest absolute Gasteiger partial charge is 0.119 e. The third-order valence-corrected chi connectivity index (χ3v) is 4.83. The van der Waals surface area contributed by atoms with Crippen LogP contribution in [0.4, 0.5) is 0 Å². The van der Waals surface area contributed by atoms with Gasteiger partial charge in [0.05, 0.1) is 7.11 Å². The molecule has 1 unspecified atom stereocenters. The fourth-order valence-corrected chi connectivity index (χ4v) is 3.59. The van der Waals surface area contributed by atoms with E-state index in [0.717, 1.165) is 12.3 Å². The van der Waals surface area contributed by atoms with Crippen molar-refractivity contribution in [2.75, 3.05) is 13.7 Å². The molecule has 0 saturated heterocycles. The molecule has 1 aromatic carbocycles. The van der Waals surface area contributed by atoms with E-state index in [1.165, 1.54) is 43.2 Å². The second kappa shape index (κ2) is 6.62. The van der Waals surface area contributed by atoms with Gasteiger partial charge >= 0.3 is 0 Å². The zero-order chi connectivity index (χ0) is 14.6. The Morgan fingerprint density at radius 2 is 2.00 bits per heavy atom. The minimum Gasteiger partial charge on any atom is -0.497 e. The van der Waals surface area contributed by atoms with Crippen molar-refractivity contribution in [2.24, 2.45) is 5.41 Å². The van der Waals surface area contributed by atoms with Crippen molar-refractivity contribution >= 4 is 0 Å². The minimum atomic E-state index is 0.397. The monoisotopic (exact) mass is 275 g/mol. The molecule has 20 heavy (non-hydrogen) atoms. The molecule has 2 nitrogen and oxygen atoms in total. The van der Waals surface area contributed by atoms with Crippen LogP contribution in [0.15, 0.2) is 18.2 Å². The van der Waals surface area contributed by atoms with Crippen LogP contribution in [0.1, 0.15) is 63.1 Å². The largest absolute Gasteiger partial charge is 0.497 e. The topological polar surface area (TPSA) is 21.3 Å². The van der Waals surface area contributed by atoms with Gasteiger partial charge in [0, 0.05) is 6.04 Å². The fraction of sp³-hybridized carbons (Fsp3) is 0.667. The van der Waals surface area contributed by atoms with Crippen molar-refractivity contribution in [2.45, 2.75) is 58.9 Å². The van der Waals surface area contributed by atoms with Crippen LogP contribution in [-0.2, 0) is 0 Å². The van der Waals surface area contributed by atoms with Crippen LogP contribution in [-0.4, -0.2) is 13.7 Å². The second-order valence-corrected chi connectivity index (χ2v) is 6.47. The Kier molecular flexibility index (Phi) is 5.09. The van der Waals surface area contributed by atoms with Gasteiger partial charge < -0.3 is 10.1 Å². The summed E-state index contributed by atoms with van der Waals surface area (Å²) in [4.78, 5) is 0. The molecule has 1 fully saturated rings. The minimum absolute atomic E-state index is 0.397. The predicted molar refractivity (Wildman–Crippen MR) is 85.3 cm³/mol. The molecule has 1 aliphatic carbocycles. The summed E-state index contributed by atoms with van der Waals surface area (Å²) in [6.07, 6.45) is 6.59. The molecule has 0 radical (unpaired) electrons. The number of benzene rings is 1. The van der Waals surface area contributed by atoms with Gasteiger partial charge in [0.1, 0.15) is 5.75 Å². The summed E-state index contributed by atoms with van der Waals surface area (Å²) in [6, 6.07) is 6.98. The lowest BCUT2D eigenvalue weighted by Crippen LogP contribution is -2.35. The number of nitrogens with one attached hydrogen (secondary N) is 1. The number of rotatable bonds is 6. The quantitative estimate of drug-likeness (QED) is 0.817. The maximum atomic E-state index is 5.34. The van der Waals surface area contributed by atoms with E-state index in [0.29, 0.717) is 11.5 Å². The summed E-state index contributed by atoms with van der Waals surface area (Å²) in [5, 5.41) is 3.81. The highest BCUT2D eigenvalue weighted by Crippen LogP contribution is 2.48. The van der Waals surface area contributed by atoms with Crippen molar-refractivity contribution in [3.63, 3.8) is 0 Å². The average molecular weight is 275 g/mol. The molecule has 2 heteroatoms. The summed E-state index contributed by atoms with van der Waals surface area (Å²) in [5.41, 5.74) is 3.18. The lowest BCUT2D eigenvalue weighted by molar-refractivity contribution is 0.223. The maximum Gasteiger partial charge on any atom is 0.119 e. The molecular formula is C18H29NO. The van der Waals surface area contributed by atoms with Gasteiger partial charge in [0.15, 0.2) is 0 Å². The first kappa shape index (κ1) is 15.4. The first-order chi connectivity index (χ1) is 9.60. The first-order valence-electron chi connectivity index (χ1n) is 7.98. The molecule has 0 amide bonds. The molecule has 0 heterocycles. The Balaban J connectivity index is 2.30. The van der Waals surface area contributed by atoms with Gasteiger partial charge in [0.2, 0.25) is 0 Å². The van der Waals surface area contributed by atoms with Gasteiger partial charge in [-0.15, -0.1) is 0 Å². The summed E-state index contributed by atoms with van der Waals surface area (Å²) in [6.45, 7) is 7.99. The molecule has 1 N–H and O–H groups in total. The van der Waals surface area contributed by atoms with E-state index < -0.39 is 0 Å². The van der Waals surface area contributed by atoms with Crippen LogP contribution in [0.5, 0.6) is 5.75 Å². The molecule has 0 aromatic heterocycles. The van der Waals surface area contributed by atoms with E-state index >= 15 is 0 Å². The average Bonchev–Trinajstić information content (AvgIpc) is 2.88. The highest BCUT2D eigenvalue weighted by atomic mass is 16.5. The molecule has 2 rings (SSSR count). The van der Waals surface area contributed by atoms with Gasteiger partial charge in [-0.3, -0.25) is 0 Å². The van der Waals surface area contributed by atoms with Crippen molar-refractivity contribution < 1.29 is 4.74 Å². The molecular weight excluding hydrogens is 246 g/mol. The first-order valence-corrected chi connectivity index (χ1v) is 7.98. The zero-order valence-corrected chi connectivity index (χ0v) is 13.5. The van der Waals surface area contributed by atoms with E-state index in [9.17, 15) is 0 Å². The van der Waals surface area contributed by atoms with Crippen LogP contribution in [0.25, 0.3) is 0 Å². The summed E-state index contributed by atoms with van der Waals surface area (Å²) in [7, 11) is 1.74. The number of hydrogen-bond acceptors (Lipinski definition) is 2. The molecule has 0 bridgehead atoms. The summed E-state index contributed by atoms with van der Waals surface area (Å²) < 4.78 is 5.34. The van der Waals surface area contributed by atoms with Gasteiger partial charge in [-0.2, -0.15) is 0 Å². The Morgan fingerprint density at radius 3 is 2.55 bits per heavy atom. The van der Waals surface area contributed by atoms with E-state index in [4.69, 9.17) is 4.74 Å². The van der Waals surface area contributed by atoms with Crippen LogP contribution in [0.3, 0.4) is 0 Å². The maximum absolute atomic E-state index is 5.34. The normalized spacial score (nSPS) is 19.0. The Bertz CT molecular complexity index is 435. The third kappa shape index (κ3) is 3.17. The molecule has 0 spiro atoms. The number of hydrogen-bond donors (Lipinski definition) is 1. The second-order valence-electron chi connectivity index (χ2n) is 6.47. The van der Waals surface area contributed by atoms with Crippen LogP contribution in [0.2, 0.25) is 0 Å². The molecule has 1 aliphatic rings. The van der Waals surface area contributed by atoms with Gasteiger partial charge in [-0.05, 0) is 61.4 Å². The van der Waals surface area contributed by atoms with Crippen LogP contribution >= 0.6 is 0 Å². The third-order valence-electron chi connectivity index (χ3n) is 4.83. The van der Waals surface area contributed by atoms with Crippen molar-refractivity contribution in [1.82, 2.24) is 5.32 Å². The van der Waals surface area contributed by atoms with Crippen LogP contribution in [0, 0.1) is 12.3 Å².